The summed E-state index contributed by atoms with van der Waals surface area (Å²) in [5, 5.41) is 3.47. The molecule has 1 fully saturated rings. The van der Waals surface area contributed by atoms with Gasteiger partial charge < -0.3 is 14.5 Å². The molecule has 0 saturated carbocycles. The molecule has 1 atom stereocenters. The van der Waals surface area contributed by atoms with E-state index in [0.29, 0.717) is 6.10 Å². The first-order valence-electron chi connectivity index (χ1n) is 7.03. The molecule has 2 rings (SSSR count). The van der Waals surface area contributed by atoms with Gasteiger partial charge in [-0.05, 0) is 33.3 Å². The number of hydrogen-bond donors (Lipinski definition) is 1. The first-order chi connectivity index (χ1) is 8.98. The highest BCUT2D eigenvalue weighted by atomic mass is 16.5. The van der Waals surface area contributed by atoms with Gasteiger partial charge in [0.1, 0.15) is 5.76 Å². The lowest BCUT2D eigenvalue weighted by atomic mass is 10.1. The first-order valence-corrected chi connectivity index (χ1v) is 7.03. The summed E-state index contributed by atoms with van der Waals surface area (Å²) in [6.07, 6.45) is 3.31. The van der Waals surface area contributed by atoms with Gasteiger partial charge in [-0.25, -0.2) is 0 Å². The van der Waals surface area contributed by atoms with Crippen molar-refractivity contribution in [3.8, 4) is 0 Å². The van der Waals surface area contributed by atoms with Gasteiger partial charge in [0.15, 0.2) is 0 Å². The second kappa shape index (κ2) is 6.07. The normalized spacial score (nSPS) is 21.2. The summed E-state index contributed by atoms with van der Waals surface area (Å²) in [5.41, 5.74) is 1.40. The summed E-state index contributed by atoms with van der Waals surface area (Å²) in [5.74, 6) is 1.05. The zero-order valence-corrected chi connectivity index (χ0v) is 12.5. The number of ether oxygens (including phenoxy) is 1. The van der Waals surface area contributed by atoms with Gasteiger partial charge in [0.05, 0.1) is 18.9 Å². The lowest BCUT2D eigenvalue weighted by Crippen LogP contribution is -2.35. The molecule has 0 spiro atoms. The van der Waals surface area contributed by atoms with Gasteiger partial charge in [-0.2, -0.15) is 0 Å². The van der Waals surface area contributed by atoms with Gasteiger partial charge in [-0.1, -0.05) is 0 Å². The van der Waals surface area contributed by atoms with Gasteiger partial charge in [0, 0.05) is 37.8 Å². The van der Waals surface area contributed by atoms with Gasteiger partial charge in [-0.15, -0.1) is 0 Å². The molecule has 0 bridgehead atoms. The van der Waals surface area contributed by atoms with Crippen molar-refractivity contribution in [1.82, 2.24) is 10.2 Å². The highest BCUT2D eigenvalue weighted by Crippen LogP contribution is 2.19. The van der Waals surface area contributed by atoms with Crippen LogP contribution < -0.4 is 5.32 Å². The number of nitrogens with one attached hydrogen (secondary N) is 1. The Kier molecular flexibility index (Phi) is 4.66. The van der Waals surface area contributed by atoms with E-state index in [4.69, 9.17) is 9.15 Å². The fraction of sp³-hybridized carbons (Fsp3) is 0.733. The van der Waals surface area contributed by atoms with Gasteiger partial charge >= 0.3 is 0 Å². The summed E-state index contributed by atoms with van der Waals surface area (Å²) in [6, 6.07) is 2.08. The maximum absolute atomic E-state index is 5.60. The third-order valence-electron chi connectivity index (χ3n) is 3.57. The van der Waals surface area contributed by atoms with Crippen molar-refractivity contribution >= 4 is 0 Å². The molecule has 1 aromatic rings. The van der Waals surface area contributed by atoms with Crippen LogP contribution in [0.4, 0.5) is 0 Å². The predicted molar refractivity (Wildman–Crippen MR) is 76.0 cm³/mol. The predicted octanol–water partition coefficient (Wildman–Crippen LogP) is 2.39. The minimum atomic E-state index is 0.110. The molecule has 1 unspecified atom stereocenters. The molecule has 108 valence electrons. The topological polar surface area (TPSA) is 37.6 Å². The molecule has 0 amide bonds. The van der Waals surface area contributed by atoms with Gasteiger partial charge in [0.2, 0.25) is 0 Å². The van der Waals surface area contributed by atoms with Crippen LogP contribution >= 0.6 is 0 Å². The van der Waals surface area contributed by atoms with E-state index in [1.807, 2.05) is 0 Å². The Morgan fingerprint density at radius 2 is 2.26 bits per heavy atom. The van der Waals surface area contributed by atoms with Crippen LogP contribution in [0.25, 0.3) is 0 Å². The molecule has 0 aliphatic carbocycles. The zero-order valence-electron chi connectivity index (χ0n) is 12.5. The zero-order chi connectivity index (χ0) is 13.9. The van der Waals surface area contributed by atoms with Crippen LogP contribution in [0.1, 0.15) is 38.5 Å². The Bertz CT molecular complexity index is 395. The quantitative estimate of drug-likeness (QED) is 0.888. The molecule has 4 nitrogen and oxygen atoms in total. The molecule has 1 saturated heterocycles. The molecule has 4 heteroatoms. The summed E-state index contributed by atoms with van der Waals surface area (Å²) in [6.45, 7) is 10.4. The van der Waals surface area contributed by atoms with E-state index in [-0.39, 0.29) is 5.54 Å². The highest BCUT2D eigenvalue weighted by molar-refractivity contribution is 5.17. The summed E-state index contributed by atoms with van der Waals surface area (Å²) in [4.78, 5) is 2.43. The van der Waals surface area contributed by atoms with Crippen LogP contribution in [0.5, 0.6) is 0 Å². The Balaban J connectivity index is 1.89. The van der Waals surface area contributed by atoms with Crippen molar-refractivity contribution in [2.75, 3.05) is 20.2 Å². The Hall–Kier alpha value is -0.840. The molecule has 0 radical (unpaired) electrons. The van der Waals surface area contributed by atoms with E-state index in [0.717, 1.165) is 38.4 Å². The second-order valence-electron chi connectivity index (χ2n) is 6.35. The van der Waals surface area contributed by atoms with E-state index < -0.39 is 0 Å². The van der Waals surface area contributed by atoms with Crippen molar-refractivity contribution in [1.29, 1.82) is 0 Å². The molecular formula is C15H26N2O2. The molecule has 1 aliphatic rings. The van der Waals surface area contributed by atoms with Crippen LogP contribution in [-0.2, 0) is 17.8 Å². The molecule has 2 heterocycles. The van der Waals surface area contributed by atoms with Crippen molar-refractivity contribution in [2.24, 2.45) is 0 Å². The number of hydrogen-bond acceptors (Lipinski definition) is 4. The van der Waals surface area contributed by atoms with Crippen molar-refractivity contribution in [3.05, 3.63) is 23.7 Å². The summed E-state index contributed by atoms with van der Waals surface area (Å²) in [7, 11) is 1.80. The van der Waals surface area contributed by atoms with Crippen molar-refractivity contribution < 1.29 is 9.15 Å². The SMILES string of the molecule is COC1CCN(Cc2ccoc2CNC(C)(C)C)C1. The van der Waals surface area contributed by atoms with Crippen molar-refractivity contribution in [3.63, 3.8) is 0 Å². The molecule has 1 N–H and O–H groups in total. The molecule has 1 aromatic heterocycles. The van der Waals surface area contributed by atoms with E-state index >= 15 is 0 Å². The summed E-state index contributed by atoms with van der Waals surface area (Å²) < 4.78 is 11.0. The molecular weight excluding hydrogens is 240 g/mol. The third kappa shape index (κ3) is 4.34. The number of furan rings is 1. The summed E-state index contributed by atoms with van der Waals surface area (Å²) >= 11 is 0. The maximum atomic E-state index is 5.60. The van der Waals surface area contributed by atoms with E-state index in [1.54, 1.807) is 13.4 Å². The van der Waals surface area contributed by atoms with E-state index in [1.165, 1.54) is 5.56 Å². The minimum Gasteiger partial charge on any atom is -0.468 e. The number of likely N-dealkylation sites (tertiary alicyclic amines) is 1. The first kappa shape index (κ1) is 14.6. The van der Waals surface area contributed by atoms with E-state index in [9.17, 15) is 0 Å². The molecule has 19 heavy (non-hydrogen) atoms. The third-order valence-corrected chi connectivity index (χ3v) is 3.57. The van der Waals surface area contributed by atoms with Gasteiger partial charge in [-0.3, -0.25) is 4.90 Å². The van der Waals surface area contributed by atoms with Crippen LogP contribution in [0.15, 0.2) is 16.7 Å². The van der Waals surface area contributed by atoms with Crippen LogP contribution in [0.2, 0.25) is 0 Å². The Morgan fingerprint density at radius 3 is 2.89 bits per heavy atom. The standard InChI is InChI=1S/C15H26N2O2/c1-15(2,3)16-9-14-12(6-8-19-14)10-17-7-5-13(11-17)18-4/h6,8,13,16H,5,7,9-11H2,1-4H3. The second-order valence-corrected chi connectivity index (χ2v) is 6.35. The van der Waals surface area contributed by atoms with Crippen LogP contribution in [0.3, 0.4) is 0 Å². The maximum Gasteiger partial charge on any atom is 0.122 e. The van der Waals surface area contributed by atoms with Crippen LogP contribution in [-0.4, -0.2) is 36.7 Å². The lowest BCUT2D eigenvalue weighted by Gasteiger charge is -2.21. The lowest BCUT2D eigenvalue weighted by molar-refractivity contribution is 0.107. The number of rotatable bonds is 5. The Labute approximate surface area is 116 Å². The van der Waals surface area contributed by atoms with Crippen molar-refractivity contribution in [2.45, 2.75) is 51.9 Å². The van der Waals surface area contributed by atoms with Gasteiger partial charge in [0.25, 0.3) is 0 Å². The van der Waals surface area contributed by atoms with E-state index in [2.05, 4.69) is 37.1 Å². The number of methoxy groups -OCH3 is 1. The molecule has 0 aromatic carbocycles. The van der Waals surface area contributed by atoms with Crippen LogP contribution in [0, 0.1) is 0 Å². The average molecular weight is 266 g/mol. The number of nitrogens with zero attached hydrogens (tertiary/aromatic N) is 1. The fourth-order valence-electron chi connectivity index (χ4n) is 2.38. The largest absolute Gasteiger partial charge is 0.468 e. The fourth-order valence-corrected chi connectivity index (χ4v) is 2.38. The smallest absolute Gasteiger partial charge is 0.122 e. The Morgan fingerprint density at radius 1 is 1.47 bits per heavy atom. The average Bonchev–Trinajstić information content (AvgIpc) is 2.95. The molecule has 1 aliphatic heterocycles. The monoisotopic (exact) mass is 266 g/mol. The minimum absolute atomic E-state index is 0.110. The highest BCUT2D eigenvalue weighted by Gasteiger charge is 2.23.